The summed E-state index contributed by atoms with van der Waals surface area (Å²) in [6.07, 6.45) is -0.496. The second-order valence-corrected chi connectivity index (χ2v) is 9.72. The number of aliphatic hydroxyl groups is 1. The SMILES string of the molecule is CC(C)(C)C#Cc1ccc2cc(OCC(O)CN3CCN(C4COC4)CC3)ccc2c1. The summed E-state index contributed by atoms with van der Waals surface area (Å²) in [5.41, 5.74) is 1.02. The maximum Gasteiger partial charge on any atom is 0.120 e. The summed E-state index contributed by atoms with van der Waals surface area (Å²) in [4.78, 5) is 4.82. The van der Waals surface area contributed by atoms with Gasteiger partial charge in [-0.25, -0.2) is 0 Å². The number of rotatable bonds is 6. The van der Waals surface area contributed by atoms with Crippen LogP contribution in [0.25, 0.3) is 10.8 Å². The largest absolute Gasteiger partial charge is 0.491 e. The van der Waals surface area contributed by atoms with Crippen molar-refractivity contribution >= 4 is 10.8 Å². The first-order chi connectivity index (χ1) is 14.9. The third-order valence-corrected chi connectivity index (χ3v) is 5.85. The first-order valence-electron chi connectivity index (χ1n) is 11.3. The van der Waals surface area contributed by atoms with E-state index < -0.39 is 6.10 Å². The van der Waals surface area contributed by atoms with Crippen molar-refractivity contribution in [2.45, 2.75) is 32.9 Å². The zero-order valence-electron chi connectivity index (χ0n) is 18.9. The van der Waals surface area contributed by atoms with Crippen LogP contribution in [0.2, 0.25) is 0 Å². The van der Waals surface area contributed by atoms with Crippen LogP contribution in [0.4, 0.5) is 0 Å². The molecule has 0 amide bonds. The van der Waals surface area contributed by atoms with Crippen LogP contribution in [-0.2, 0) is 4.74 Å². The van der Waals surface area contributed by atoms with Gasteiger partial charge in [-0.05, 0) is 55.8 Å². The summed E-state index contributed by atoms with van der Waals surface area (Å²) in [7, 11) is 0. The molecule has 2 aromatic carbocycles. The van der Waals surface area contributed by atoms with E-state index in [1.54, 1.807) is 0 Å². The molecule has 2 aromatic rings. The molecule has 2 aliphatic heterocycles. The predicted molar refractivity (Wildman–Crippen MR) is 124 cm³/mol. The predicted octanol–water partition coefficient (Wildman–Crippen LogP) is 2.99. The van der Waals surface area contributed by atoms with Crippen molar-refractivity contribution in [1.29, 1.82) is 0 Å². The van der Waals surface area contributed by atoms with Crippen molar-refractivity contribution in [3.8, 4) is 17.6 Å². The number of ether oxygens (including phenoxy) is 2. The van der Waals surface area contributed by atoms with E-state index in [4.69, 9.17) is 9.47 Å². The van der Waals surface area contributed by atoms with Gasteiger partial charge in [0.2, 0.25) is 0 Å². The Morgan fingerprint density at radius 3 is 2.45 bits per heavy atom. The number of hydrogen-bond donors (Lipinski definition) is 1. The van der Waals surface area contributed by atoms with E-state index in [1.807, 2.05) is 12.1 Å². The number of benzene rings is 2. The Morgan fingerprint density at radius 1 is 1.06 bits per heavy atom. The van der Waals surface area contributed by atoms with Crippen molar-refractivity contribution in [2.24, 2.45) is 5.41 Å². The van der Waals surface area contributed by atoms with Crippen LogP contribution < -0.4 is 4.74 Å². The van der Waals surface area contributed by atoms with Crippen LogP contribution >= 0.6 is 0 Å². The normalized spacial score (nSPS) is 19.5. The highest BCUT2D eigenvalue weighted by Gasteiger charge is 2.29. The van der Waals surface area contributed by atoms with Gasteiger partial charge >= 0.3 is 0 Å². The quantitative estimate of drug-likeness (QED) is 0.725. The molecule has 1 unspecified atom stereocenters. The molecule has 1 atom stereocenters. The average molecular weight is 423 g/mol. The molecule has 0 saturated carbocycles. The third kappa shape index (κ3) is 6.21. The molecule has 0 aliphatic carbocycles. The topological polar surface area (TPSA) is 45.2 Å². The van der Waals surface area contributed by atoms with Gasteiger partial charge in [0.25, 0.3) is 0 Å². The summed E-state index contributed by atoms with van der Waals surface area (Å²) in [6, 6.07) is 12.9. The standard InChI is InChI=1S/C26H34N2O3/c1-26(2,3)9-8-20-4-5-22-15-25(7-6-21(22)14-20)31-19-24(29)16-27-10-12-28(13-11-27)23-17-30-18-23/h4-7,14-15,23-24,29H,10-13,16-19H2,1-3H3. The average Bonchev–Trinajstić information content (AvgIpc) is 2.70. The van der Waals surface area contributed by atoms with Gasteiger partial charge in [-0.15, -0.1) is 0 Å². The molecule has 0 radical (unpaired) electrons. The maximum absolute atomic E-state index is 10.5. The fourth-order valence-electron chi connectivity index (χ4n) is 3.94. The Kier molecular flexibility index (Phi) is 6.83. The smallest absolute Gasteiger partial charge is 0.120 e. The van der Waals surface area contributed by atoms with E-state index in [0.29, 0.717) is 19.2 Å². The van der Waals surface area contributed by atoms with Gasteiger partial charge < -0.3 is 14.6 Å². The van der Waals surface area contributed by atoms with E-state index in [-0.39, 0.29) is 5.41 Å². The number of aliphatic hydroxyl groups excluding tert-OH is 1. The number of fused-ring (bicyclic) bond motifs is 1. The molecule has 5 heteroatoms. The van der Waals surface area contributed by atoms with Crippen LogP contribution in [0.3, 0.4) is 0 Å². The van der Waals surface area contributed by atoms with E-state index in [0.717, 1.165) is 61.5 Å². The van der Waals surface area contributed by atoms with Crippen molar-refractivity contribution in [3.63, 3.8) is 0 Å². The minimum absolute atomic E-state index is 0.00732. The van der Waals surface area contributed by atoms with Gasteiger partial charge in [-0.2, -0.15) is 0 Å². The molecule has 2 heterocycles. The Hall–Kier alpha value is -2.10. The lowest BCUT2D eigenvalue weighted by Crippen LogP contribution is -2.57. The molecule has 0 aromatic heterocycles. The second kappa shape index (κ2) is 9.58. The fraction of sp³-hybridized carbons (Fsp3) is 0.538. The second-order valence-electron chi connectivity index (χ2n) is 9.72. The lowest BCUT2D eigenvalue weighted by Gasteiger charge is -2.42. The Bertz CT molecular complexity index is 945. The molecule has 2 aliphatic rings. The zero-order valence-corrected chi connectivity index (χ0v) is 18.9. The molecule has 2 saturated heterocycles. The summed E-state index contributed by atoms with van der Waals surface area (Å²) in [5.74, 6) is 7.32. The monoisotopic (exact) mass is 422 g/mol. The van der Waals surface area contributed by atoms with Crippen LogP contribution in [0.1, 0.15) is 26.3 Å². The lowest BCUT2D eigenvalue weighted by molar-refractivity contribution is -0.0793. The molecular weight excluding hydrogens is 388 g/mol. The summed E-state index contributed by atoms with van der Waals surface area (Å²) >= 11 is 0. The maximum atomic E-state index is 10.5. The van der Waals surface area contributed by atoms with Gasteiger partial charge in [0.05, 0.1) is 19.3 Å². The van der Waals surface area contributed by atoms with Crippen LogP contribution in [0.15, 0.2) is 36.4 Å². The van der Waals surface area contributed by atoms with Gasteiger partial charge in [-0.1, -0.05) is 24.0 Å². The summed E-state index contributed by atoms with van der Waals surface area (Å²) in [6.45, 7) is 13.1. The van der Waals surface area contributed by atoms with Crippen LogP contribution in [0, 0.1) is 17.3 Å². The highest BCUT2D eigenvalue weighted by molar-refractivity contribution is 5.85. The molecule has 4 rings (SSSR count). The van der Waals surface area contributed by atoms with Crippen LogP contribution in [0.5, 0.6) is 5.75 Å². The Balaban J connectivity index is 1.27. The van der Waals surface area contributed by atoms with Crippen molar-refractivity contribution in [2.75, 3.05) is 52.5 Å². The minimum atomic E-state index is -0.496. The van der Waals surface area contributed by atoms with Gasteiger partial charge in [0, 0.05) is 43.7 Å². The van der Waals surface area contributed by atoms with E-state index in [2.05, 4.69) is 66.7 Å². The molecule has 1 N–H and O–H groups in total. The highest BCUT2D eigenvalue weighted by Crippen LogP contribution is 2.22. The molecule has 0 bridgehead atoms. The first-order valence-corrected chi connectivity index (χ1v) is 11.3. The molecule has 31 heavy (non-hydrogen) atoms. The Morgan fingerprint density at radius 2 is 1.77 bits per heavy atom. The zero-order chi connectivity index (χ0) is 21.8. The van der Waals surface area contributed by atoms with Gasteiger partial charge in [0.1, 0.15) is 18.5 Å². The summed E-state index contributed by atoms with van der Waals surface area (Å²) < 4.78 is 11.2. The summed E-state index contributed by atoms with van der Waals surface area (Å²) in [5, 5.41) is 12.7. The molecule has 2 fully saturated rings. The van der Waals surface area contributed by atoms with Gasteiger partial charge in [0.15, 0.2) is 0 Å². The lowest BCUT2D eigenvalue weighted by atomic mass is 9.97. The number of hydrogen-bond acceptors (Lipinski definition) is 5. The van der Waals surface area contributed by atoms with E-state index >= 15 is 0 Å². The van der Waals surface area contributed by atoms with Crippen molar-refractivity contribution in [3.05, 3.63) is 42.0 Å². The Labute approximate surface area is 185 Å². The number of piperazine rings is 1. The molecule has 5 nitrogen and oxygen atoms in total. The highest BCUT2D eigenvalue weighted by atomic mass is 16.5. The number of β-amino-alcohol motifs (C(OH)–C–C–N with tert-alkyl or cyclic N) is 1. The van der Waals surface area contributed by atoms with Gasteiger partial charge in [-0.3, -0.25) is 9.80 Å². The number of nitrogens with zero attached hydrogens (tertiary/aromatic N) is 2. The van der Waals surface area contributed by atoms with E-state index in [9.17, 15) is 5.11 Å². The fourth-order valence-corrected chi connectivity index (χ4v) is 3.94. The molecule has 0 spiro atoms. The molecule has 166 valence electrons. The van der Waals surface area contributed by atoms with Crippen LogP contribution in [-0.4, -0.2) is 79.6 Å². The molecular formula is C26H34N2O3. The minimum Gasteiger partial charge on any atom is -0.491 e. The third-order valence-electron chi connectivity index (χ3n) is 5.85. The first kappa shape index (κ1) is 22.1. The van der Waals surface area contributed by atoms with Crippen molar-refractivity contribution in [1.82, 2.24) is 9.80 Å². The van der Waals surface area contributed by atoms with Crippen molar-refractivity contribution < 1.29 is 14.6 Å². The van der Waals surface area contributed by atoms with E-state index in [1.165, 1.54) is 0 Å².